The molecule has 1 aliphatic heterocycles. The summed E-state index contributed by atoms with van der Waals surface area (Å²) in [5.74, 6) is 2.31. The molecule has 0 radical (unpaired) electrons. The first-order valence-corrected chi connectivity index (χ1v) is 12.6. The number of nitrogens with zero attached hydrogens (tertiary/aromatic N) is 3. The fourth-order valence-electron chi connectivity index (χ4n) is 3.85. The van der Waals surface area contributed by atoms with E-state index in [9.17, 15) is 14.4 Å². The standard InChI is InChI=1S/C23H27N3O4S2/c1-4-11-26-18-10-9-16(22(29)30-3)13-19(18)32-23(26)24-20(27)14-31-15-21(28)25-12-7-6-8-17(25)5-2/h1,9-10,13,17H,5-8,11-12,14-15H2,2-3H3. The number of thiazole rings is 1. The van der Waals surface area contributed by atoms with Gasteiger partial charge < -0.3 is 14.2 Å². The molecule has 2 aromatic rings. The average Bonchev–Trinajstić information content (AvgIpc) is 3.14. The van der Waals surface area contributed by atoms with Gasteiger partial charge in [-0.15, -0.1) is 18.2 Å². The van der Waals surface area contributed by atoms with Crippen LogP contribution in [-0.2, 0) is 20.9 Å². The molecule has 0 bridgehead atoms. The minimum atomic E-state index is -0.432. The number of fused-ring (bicyclic) bond motifs is 1. The van der Waals surface area contributed by atoms with E-state index >= 15 is 0 Å². The number of ether oxygens (including phenoxy) is 1. The van der Waals surface area contributed by atoms with E-state index in [1.54, 1.807) is 22.8 Å². The highest BCUT2D eigenvalue weighted by molar-refractivity contribution is 8.00. The second kappa shape index (κ2) is 11.3. The summed E-state index contributed by atoms with van der Waals surface area (Å²) in [6, 6.07) is 5.45. The molecule has 1 aromatic carbocycles. The van der Waals surface area contributed by atoms with Crippen LogP contribution in [0.2, 0.25) is 0 Å². The van der Waals surface area contributed by atoms with Crippen LogP contribution in [0.4, 0.5) is 0 Å². The number of hydrogen-bond acceptors (Lipinski definition) is 6. The predicted octanol–water partition coefficient (Wildman–Crippen LogP) is 3.07. The summed E-state index contributed by atoms with van der Waals surface area (Å²) in [7, 11) is 1.33. The lowest BCUT2D eigenvalue weighted by atomic mass is 10.0. The molecule has 1 fully saturated rings. The Morgan fingerprint density at radius 3 is 2.84 bits per heavy atom. The first-order valence-electron chi connectivity index (χ1n) is 10.6. The highest BCUT2D eigenvalue weighted by Gasteiger charge is 2.25. The summed E-state index contributed by atoms with van der Waals surface area (Å²) in [5, 5.41) is 0. The molecule has 3 rings (SSSR count). The molecule has 1 saturated heterocycles. The van der Waals surface area contributed by atoms with Crippen molar-refractivity contribution in [2.75, 3.05) is 25.2 Å². The molecular formula is C23H27N3O4S2. The zero-order valence-corrected chi connectivity index (χ0v) is 20.0. The maximum atomic E-state index is 12.6. The summed E-state index contributed by atoms with van der Waals surface area (Å²) >= 11 is 2.58. The number of likely N-dealkylation sites (tertiary alicyclic amines) is 1. The highest BCUT2D eigenvalue weighted by Crippen LogP contribution is 2.21. The van der Waals surface area contributed by atoms with E-state index in [4.69, 9.17) is 11.2 Å². The van der Waals surface area contributed by atoms with Crippen molar-refractivity contribution in [3.05, 3.63) is 28.6 Å². The zero-order chi connectivity index (χ0) is 23.1. The summed E-state index contributed by atoms with van der Waals surface area (Å²) in [4.78, 5) is 43.6. The van der Waals surface area contributed by atoms with Gasteiger partial charge in [-0.2, -0.15) is 4.99 Å². The SMILES string of the molecule is C#CCn1c(=NC(=O)CSCC(=O)N2CCCCC2CC)sc2cc(C(=O)OC)ccc21. The molecule has 9 heteroatoms. The van der Waals surface area contributed by atoms with Crippen LogP contribution in [0, 0.1) is 12.3 Å². The Labute approximate surface area is 195 Å². The molecule has 1 unspecified atom stereocenters. The Balaban J connectivity index is 1.71. The smallest absolute Gasteiger partial charge is 0.337 e. The fraction of sp³-hybridized carbons (Fsp3) is 0.478. The monoisotopic (exact) mass is 473 g/mol. The molecular weight excluding hydrogens is 446 g/mol. The van der Waals surface area contributed by atoms with Crippen LogP contribution in [0.3, 0.4) is 0 Å². The van der Waals surface area contributed by atoms with Crippen molar-refractivity contribution < 1.29 is 19.1 Å². The molecule has 1 aliphatic rings. The summed E-state index contributed by atoms with van der Waals surface area (Å²) in [6.45, 7) is 3.16. The molecule has 0 N–H and O–H groups in total. The molecule has 1 aromatic heterocycles. The normalized spacial score (nSPS) is 16.7. The fourth-order valence-corrected chi connectivity index (χ4v) is 5.62. The number of benzene rings is 1. The van der Waals surface area contributed by atoms with Gasteiger partial charge in [0, 0.05) is 12.6 Å². The summed E-state index contributed by atoms with van der Waals surface area (Å²) in [5.41, 5.74) is 1.22. The van der Waals surface area contributed by atoms with Gasteiger partial charge in [-0.25, -0.2) is 4.79 Å². The summed E-state index contributed by atoms with van der Waals surface area (Å²) in [6.07, 6.45) is 9.73. The quantitative estimate of drug-likeness (QED) is 0.456. The van der Waals surface area contributed by atoms with Gasteiger partial charge >= 0.3 is 5.97 Å². The molecule has 2 heterocycles. The number of thioether (sulfide) groups is 1. The van der Waals surface area contributed by atoms with Crippen molar-refractivity contribution in [1.29, 1.82) is 0 Å². The van der Waals surface area contributed by atoms with E-state index in [0.29, 0.717) is 16.4 Å². The van der Waals surface area contributed by atoms with E-state index in [0.717, 1.165) is 36.0 Å². The molecule has 0 aliphatic carbocycles. The highest BCUT2D eigenvalue weighted by atomic mass is 32.2. The van der Waals surface area contributed by atoms with E-state index in [1.165, 1.54) is 36.6 Å². The minimum absolute atomic E-state index is 0.0916. The van der Waals surface area contributed by atoms with Gasteiger partial charge in [-0.1, -0.05) is 24.2 Å². The van der Waals surface area contributed by atoms with Crippen LogP contribution in [-0.4, -0.2) is 58.5 Å². The van der Waals surface area contributed by atoms with Crippen molar-refractivity contribution in [2.24, 2.45) is 4.99 Å². The van der Waals surface area contributed by atoms with Gasteiger partial charge in [-0.05, 0) is 43.9 Å². The first kappa shape index (κ1) is 24.1. The van der Waals surface area contributed by atoms with Crippen molar-refractivity contribution in [3.63, 3.8) is 0 Å². The summed E-state index contributed by atoms with van der Waals surface area (Å²) < 4.78 is 7.33. The molecule has 32 heavy (non-hydrogen) atoms. The van der Waals surface area contributed by atoms with Crippen molar-refractivity contribution in [3.8, 4) is 12.3 Å². The maximum absolute atomic E-state index is 12.6. The number of esters is 1. The molecule has 0 saturated carbocycles. The largest absolute Gasteiger partial charge is 0.465 e. The first-order chi connectivity index (χ1) is 15.5. The van der Waals surface area contributed by atoms with Crippen molar-refractivity contribution in [1.82, 2.24) is 9.47 Å². The number of carbonyl (C=O) groups is 3. The second-order valence-electron chi connectivity index (χ2n) is 7.49. The number of hydrogen-bond donors (Lipinski definition) is 0. The maximum Gasteiger partial charge on any atom is 0.337 e. The Bertz CT molecular complexity index is 1110. The van der Waals surface area contributed by atoms with Gasteiger partial charge in [0.25, 0.3) is 5.91 Å². The van der Waals surface area contributed by atoms with E-state index in [2.05, 4.69) is 17.8 Å². The average molecular weight is 474 g/mol. The van der Waals surface area contributed by atoms with Crippen LogP contribution in [0.25, 0.3) is 10.2 Å². The van der Waals surface area contributed by atoms with Crippen LogP contribution in [0.15, 0.2) is 23.2 Å². The minimum Gasteiger partial charge on any atom is -0.465 e. The number of methoxy groups -OCH3 is 1. The van der Waals surface area contributed by atoms with Gasteiger partial charge in [-0.3, -0.25) is 9.59 Å². The van der Waals surface area contributed by atoms with E-state index in [1.807, 2.05) is 4.90 Å². The molecule has 7 nitrogen and oxygen atoms in total. The Kier molecular flexibility index (Phi) is 8.53. The zero-order valence-electron chi connectivity index (χ0n) is 18.3. The van der Waals surface area contributed by atoms with Gasteiger partial charge in [0.2, 0.25) is 5.91 Å². The van der Waals surface area contributed by atoms with E-state index in [-0.39, 0.29) is 29.9 Å². The van der Waals surface area contributed by atoms with Crippen LogP contribution in [0.5, 0.6) is 0 Å². The third-order valence-electron chi connectivity index (χ3n) is 5.44. The number of rotatable bonds is 7. The predicted molar refractivity (Wildman–Crippen MR) is 128 cm³/mol. The number of aromatic nitrogens is 1. The second-order valence-corrected chi connectivity index (χ2v) is 9.49. The number of carbonyl (C=O) groups excluding carboxylic acids is 3. The lowest BCUT2D eigenvalue weighted by Crippen LogP contribution is -2.44. The molecule has 0 spiro atoms. The third kappa shape index (κ3) is 5.61. The topological polar surface area (TPSA) is 81.0 Å². The van der Waals surface area contributed by atoms with Crippen molar-refractivity contribution >= 4 is 51.1 Å². The number of amides is 2. The van der Waals surface area contributed by atoms with Crippen LogP contribution >= 0.6 is 23.1 Å². The molecule has 170 valence electrons. The van der Waals surface area contributed by atoms with Crippen LogP contribution < -0.4 is 4.80 Å². The number of terminal acetylenes is 1. The lowest BCUT2D eigenvalue weighted by Gasteiger charge is -2.35. The Morgan fingerprint density at radius 2 is 2.12 bits per heavy atom. The van der Waals surface area contributed by atoms with Gasteiger partial charge in [0.15, 0.2) is 4.80 Å². The lowest BCUT2D eigenvalue weighted by molar-refractivity contribution is -0.132. The number of piperidine rings is 1. The van der Waals surface area contributed by atoms with E-state index < -0.39 is 5.97 Å². The molecule has 2 amide bonds. The van der Waals surface area contributed by atoms with Gasteiger partial charge in [0.05, 0.1) is 40.9 Å². The Morgan fingerprint density at radius 1 is 1.31 bits per heavy atom. The Hall–Kier alpha value is -2.57. The van der Waals surface area contributed by atoms with Crippen molar-refractivity contribution in [2.45, 2.75) is 45.2 Å². The van der Waals surface area contributed by atoms with Crippen LogP contribution in [0.1, 0.15) is 43.0 Å². The molecule has 1 atom stereocenters. The third-order valence-corrected chi connectivity index (χ3v) is 7.39. The van der Waals surface area contributed by atoms with Gasteiger partial charge in [0.1, 0.15) is 0 Å².